The number of hydrogen-bond acceptors (Lipinski definition) is 2. The predicted molar refractivity (Wildman–Crippen MR) is 113 cm³/mol. The van der Waals surface area contributed by atoms with Gasteiger partial charge in [-0.2, -0.15) is 0 Å². The quantitative estimate of drug-likeness (QED) is 0.643. The van der Waals surface area contributed by atoms with Gasteiger partial charge in [-0.05, 0) is 46.1 Å². The fraction of sp³-hybridized carbons (Fsp3) is 0. The van der Waals surface area contributed by atoms with Gasteiger partial charge in [-0.1, -0.05) is 85.6 Å². The van der Waals surface area contributed by atoms with Gasteiger partial charge in [-0.3, -0.25) is 0 Å². The van der Waals surface area contributed by atoms with Gasteiger partial charge in [-0.25, -0.2) is 0 Å². The van der Waals surface area contributed by atoms with Crippen LogP contribution in [-0.4, -0.2) is 0 Å². The molecule has 2 aromatic rings. The van der Waals surface area contributed by atoms with Crippen molar-refractivity contribution in [1.29, 1.82) is 0 Å². The molecule has 0 spiro atoms. The van der Waals surface area contributed by atoms with Gasteiger partial charge < -0.3 is 5.32 Å². The maximum atomic E-state index is 4.33. The fourth-order valence-electron chi connectivity index (χ4n) is 3.03. The van der Waals surface area contributed by atoms with Crippen LogP contribution in [0.1, 0.15) is 11.1 Å². The van der Waals surface area contributed by atoms with E-state index in [-0.39, 0.29) is 0 Å². The van der Waals surface area contributed by atoms with E-state index < -0.39 is 0 Å². The molecule has 2 heteroatoms. The minimum atomic E-state index is 0.978. The van der Waals surface area contributed by atoms with Crippen molar-refractivity contribution >= 4 is 22.9 Å². The van der Waals surface area contributed by atoms with Crippen molar-refractivity contribution in [2.75, 3.05) is 0 Å². The lowest BCUT2D eigenvalue weighted by atomic mass is 9.98. The first kappa shape index (κ1) is 16.5. The normalized spacial score (nSPS) is 23.8. The lowest BCUT2D eigenvalue weighted by Gasteiger charge is -2.20. The van der Waals surface area contributed by atoms with E-state index in [0.717, 1.165) is 27.3 Å². The van der Waals surface area contributed by atoms with Gasteiger partial charge in [0.05, 0.1) is 5.03 Å². The Morgan fingerprint density at radius 2 is 1.54 bits per heavy atom. The summed E-state index contributed by atoms with van der Waals surface area (Å²) < 4.78 is 0. The summed E-state index contributed by atoms with van der Waals surface area (Å²) in [5, 5.41) is 4.53. The Hall–Kier alpha value is -2.97. The number of thioether (sulfide) groups is 1. The Labute approximate surface area is 158 Å². The highest BCUT2D eigenvalue weighted by atomic mass is 32.2. The largest absolute Gasteiger partial charge is 0.356 e. The average molecular weight is 353 g/mol. The highest BCUT2D eigenvalue weighted by Gasteiger charge is 2.16. The van der Waals surface area contributed by atoms with E-state index in [0.29, 0.717) is 0 Å². The topological polar surface area (TPSA) is 12.0 Å². The molecule has 0 unspecified atom stereocenters. The monoisotopic (exact) mass is 353 g/mol. The van der Waals surface area contributed by atoms with Gasteiger partial charge in [0.15, 0.2) is 0 Å². The number of allylic oxidation sites excluding steroid dienone is 8. The molecule has 1 nitrogen and oxygen atoms in total. The van der Waals surface area contributed by atoms with Crippen molar-refractivity contribution in [2.24, 2.45) is 0 Å². The molecule has 1 N–H and O–H groups in total. The maximum Gasteiger partial charge on any atom is 0.0849 e. The molecule has 0 saturated heterocycles. The molecule has 0 bridgehead atoms. The number of nitrogens with one attached hydrogen (secondary N) is 1. The zero-order valence-electron chi connectivity index (χ0n) is 14.4. The van der Waals surface area contributed by atoms with Crippen molar-refractivity contribution in [3.8, 4) is 0 Å². The Kier molecular flexibility index (Phi) is 4.51. The summed E-state index contributed by atoms with van der Waals surface area (Å²) in [6, 6.07) is 18.7. The minimum absolute atomic E-state index is 0.978. The summed E-state index contributed by atoms with van der Waals surface area (Å²) in [5.41, 5.74) is 6.55. The molecule has 2 aromatic carbocycles. The van der Waals surface area contributed by atoms with Crippen molar-refractivity contribution in [2.45, 2.75) is 4.90 Å². The minimum Gasteiger partial charge on any atom is -0.356 e. The van der Waals surface area contributed by atoms with Gasteiger partial charge in [-0.15, -0.1) is 0 Å². The maximum absolute atomic E-state index is 4.33. The third-order valence-electron chi connectivity index (χ3n) is 4.40. The SMILES string of the molecule is C=C1/C=C(c2ccccc2)\C=C/N/C2=C1/C=C\C(=C)c1ccccc1S2. The smallest absolute Gasteiger partial charge is 0.0849 e. The van der Waals surface area contributed by atoms with Gasteiger partial charge in [0, 0.05) is 16.7 Å². The zero-order valence-corrected chi connectivity index (χ0v) is 15.2. The van der Waals surface area contributed by atoms with E-state index in [2.05, 4.69) is 91.3 Å². The first-order valence-electron chi connectivity index (χ1n) is 8.50. The van der Waals surface area contributed by atoms with E-state index in [9.17, 15) is 0 Å². The van der Waals surface area contributed by atoms with Crippen LogP contribution in [0.25, 0.3) is 11.1 Å². The second kappa shape index (κ2) is 7.11. The van der Waals surface area contributed by atoms with Crippen LogP contribution >= 0.6 is 11.8 Å². The fourth-order valence-corrected chi connectivity index (χ4v) is 4.14. The van der Waals surface area contributed by atoms with Crippen molar-refractivity contribution < 1.29 is 0 Å². The summed E-state index contributed by atoms with van der Waals surface area (Å²) in [6.07, 6.45) is 10.4. The molecule has 2 aliphatic rings. The van der Waals surface area contributed by atoms with Crippen LogP contribution in [0, 0.1) is 0 Å². The first-order chi connectivity index (χ1) is 12.7. The van der Waals surface area contributed by atoms with Crippen molar-refractivity contribution in [3.63, 3.8) is 0 Å². The summed E-state index contributed by atoms with van der Waals surface area (Å²) in [4.78, 5) is 1.19. The van der Waals surface area contributed by atoms with Crippen molar-refractivity contribution in [3.05, 3.63) is 126 Å². The van der Waals surface area contributed by atoms with E-state index >= 15 is 0 Å². The highest BCUT2D eigenvalue weighted by molar-refractivity contribution is 8.03. The predicted octanol–water partition coefficient (Wildman–Crippen LogP) is 6.33. The zero-order chi connectivity index (χ0) is 17.9. The van der Waals surface area contributed by atoms with Crippen LogP contribution in [0.15, 0.2) is 119 Å². The number of hydrogen-bond donors (Lipinski definition) is 1. The lowest BCUT2D eigenvalue weighted by molar-refractivity contribution is 1.14. The summed E-state index contributed by atoms with van der Waals surface area (Å²) in [7, 11) is 0. The number of fused-ring (bicyclic) bond motifs is 1. The van der Waals surface area contributed by atoms with Crippen LogP contribution in [0.5, 0.6) is 0 Å². The Morgan fingerprint density at radius 3 is 2.38 bits per heavy atom. The summed E-state index contributed by atoms with van der Waals surface area (Å²) in [5.74, 6) is 0. The van der Waals surface area contributed by atoms with Crippen LogP contribution in [-0.2, 0) is 0 Å². The second-order valence-electron chi connectivity index (χ2n) is 6.17. The molecule has 2 heterocycles. The van der Waals surface area contributed by atoms with Gasteiger partial charge in [0.2, 0.25) is 0 Å². The molecular formula is C24H19NS. The molecule has 0 saturated carbocycles. The molecule has 0 atom stereocenters. The van der Waals surface area contributed by atoms with E-state index in [4.69, 9.17) is 0 Å². The van der Waals surface area contributed by atoms with E-state index in [1.807, 2.05) is 12.3 Å². The molecule has 4 rings (SSSR count). The summed E-state index contributed by atoms with van der Waals surface area (Å²) in [6.45, 7) is 8.55. The van der Waals surface area contributed by atoms with Crippen LogP contribution in [0.2, 0.25) is 0 Å². The third-order valence-corrected chi connectivity index (χ3v) is 5.52. The Balaban J connectivity index is 1.79. The third kappa shape index (κ3) is 3.24. The Bertz CT molecular complexity index is 1000. The molecule has 0 radical (unpaired) electrons. The van der Waals surface area contributed by atoms with Gasteiger partial charge in [0.25, 0.3) is 0 Å². The van der Waals surface area contributed by atoms with Gasteiger partial charge >= 0.3 is 0 Å². The molecule has 0 fully saturated rings. The van der Waals surface area contributed by atoms with Crippen molar-refractivity contribution in [1.82, 2.24) is 5.32 Å². The molecule has 0 amide bonds. The first-order valence-corrected chi connectivity index (χ1v) is 9.32. The van der Waals surface area contributed by atoms with Gasteiger partial charge in [0.1, 0.15) is 0 Å². The summed E-state index contributed by atoms with van der Waals surface area (Å²) >= 11 is 1.72. The molecule has 126 valence electrons. The van der Waals surface area contributed by atoms with Crippen LogP contribution in [0.4, 0.5) is 0 Å². The number of rotatable bonds is 1. The molecule has 0 aromatic heterocycles. The standard InChI is InChI=1S/C24H19NS/c1-17-12-13-22-18(2)16-20(19-8-4-3-5-9-19)14-15-25-24(22)26-23-11-7-6-10-21(17)23/h3-16,25H,1-2H2/b13-12-,15-14-,20-16+,24-22+. The number of benzene rings is 2. The second-order valence-corrected chi connectivity index (χ2v) is 7.22. The molecular weight excluding hydrogens is 334 g/mol. The average Bonchev–Trinajstić information content (AvgIpc) is 2.65. The van der Waals surface area contributed by atoms with E-state index in [1.54, 1.807) is 11.8 Å². The highest BCUT2D eigenvalue weighted by Crippen LogP contribution is 2.38. The van der Waals surface area contributed by atoms with Crippen LogP contribution in [0.3, 0.4) is 0 Å². The lowest BCUT2D eigenvalue weighted by Crippen LogP contribution is -2.09. The Morgan fingerprint density at radius 1 is 0.769 bits per heavy atom. The molecule has 2 aliphatic heterocycles. The molecule has 26 heavy (non-hydrogen) atoms. The van der Waals surface area contributed by atoms with E-state index in [1.165, 1.54) is 16.0 Å². The van der Waals surface area contributed by atoms with Crippen LogP contribution < -0.4 is 5.32 Å². The molecule has 0 aliphatic carbocycles.